The van der Waals surface area contributed by atoms with Crippen LogP contribution in [-0.2, 0) is 4.79 Å². The lowest BCUT2D eigenvalue weighted by atomic mass is 10.2. The van der Waals surface area contributed by atoms with Crippen LogP contribution in [0, 0.1) is 0 Å². The van der Waals surface area contributed by atoms with Crippen molar-refractivity contribution in [3.8, 4) is 0 Å². The molecule has 86 valence electrons. The van der Waals surface area contributed by atoms with Crippen LogP contribution < -0.4 is 5.32 Å². The molecule has 6 heteroatoms. The second-order valence-electron chi connectivity index (χ2n) is 3.12. The Hall–Kier alpha value is -1.95. The minimum absolute atomic E-state index is 0.0265. The second-order valence-corrected chi connectivity index (χ2v) is 3.12. The molecule has 16 heavy (non-hydrogen) atoms. The number of rotatable bonds is 5. The Morgan fingerprint density at radius 2 is 2.25 bits per heavy atom. The number of aliphatic hydroxyl groups excluding tert-OH is 1. The zero-order chi connectivity index (χ0) is 12.0. The van der Waals surface area contributed by atoms with Gasteiger partial charge in [0.05, 0.1) is 5.56 Å². The molecule has 1 atom stereocenters. The maximum absolute atomic E-state index is 11.5. The van der Waals surface area contributed by atoms with Crippen molar-refractivity contribution in [3.05, 3.63) is 30.1 Å². The first-order chi connectivity index (χ1) is 7.65. The number of carboxylic acid groups (broad SMARTS) is 1. The Bertz CT molecular complexity index is 366. The third-order valence-corrected chi connectivity index (χ3v) is 1.94. The monoisotopic (exact) mass is 224 g/mol. The van der Waals surface area contributed by atoms with E-state index in [0.717, 1.165) is 0 Å². The third kappa shape index (κ3) is 3.32. The number of nitrogens with zero attached hydrogens (tertiary/aromatic N) is 1. The highest BCUT2D eigenvalue weighted by Crippen LogP contribution is 1.98. The number of pyridine rings is 1. The summed E-state index contributed by atoms with van der Waals surface area (Å²) in [4.78, 5) is 26.0. The van der Waals surface area contributed by atoms with Gasteiger partial charge >= 0.3 is 5.97 Å². The van der Waals surface area contributed by atoms with E-state index in [1.807, 2.05) is 0 Å². The lowest BCUT2D eigenvalue weighted by Gasteiger charge is -2.12. The van der Waals surface area contributed by atoms with Gasteiger partial charge in [0.15, 0.2) is 0 Å². The molecule has 0 fully saturated rings. The molecule has 0 bridgehead atoms. The Balaban J connectivity index is 2.65. The summed E-state index contributed by atoms with van der Waals surface area (Å²) in [6.45, 7) is -0.301. The highest BCUT2D eigenvalue weighted by molar-refractivity contribution is 5.96. The normalized spacial score (nSPS) is 11.8. The summed E-state index contributed by atoms with van der Waals surface area (Å²) < 4.78 is 0. The molecule has 0 aromatic carbocycles. The smallest absolute Gasteiger partial charge is 0.326 e. The van der Waals surface area contributed by atoms with E-state index in [1.165, 1.54) is 18.5 Å². The number of hydrogen-bond acceptors (Lipinski definition) is 4. The molecule has 0 radical (unpaired) electrons. The molecule has 1 unspecified atom stereocenters. The fraction of sp³-hybridized carbons (Fsp3) is 0.300. The van der Waals surface area contributed by atoms with Gasteiger partial charge in [-0.05, 0) is 12.1 Å². The summed E-state index contributed by atoms with van der Waals surface area (Å²) >= 11 is 0. The van der Waals surface area contributed by atoms with Crippen LogP contribution in [0.15, 0.2) is 24.5 Å². The number of carbonyl (C=O) groups is 2. The first-order valence-electron chi connectivity index (χ1n) is 4.69. The van der Waals surface area contributed by atoms with Crippen LogP contribution >= 0.6 is 0 Å². The zero-order valence-corrected chi connectivity index (χ0v) is 8.46. The molecule has 0 aliphatic heterocycles. The van der Waals surface area contributed by atoms with Crippen LogP contribution in [0.3, 0.4) is 0 Å². The maximum Gasteiger partial charge on any atom is 0.326 e. The summed E-state index contributed by atoms with van der Waals surface area (Å²) in [6, 6.07) is 2.02. The molecule has 0 saturated carbocycles. The standard InChI is InChI=1S/C10H12N2O4/c13-5-3-8(10(15)16)12-9(14)7-2-1-4-11-6-7/h1-2,4,6,8,13H,3,5H2,(H,12,14)(H,15,16). The average Bonchev–Trinajstić information content (AvgIpc) is 2.29. The zero-order valence-electron chi connectivity index (χ0n) is 8.46. The number of amides is 1. The van der Waals surface area contributed by atoms with Gasteiger partial charge in [-0.15, -0.1) is 0 Å². The van der Waals surface area contributed by atoms with E-state index in [9.17, 15) is 9.59 Å². The van der Waals surface area contributed by atoms with Crippen LogP contribution in [0.1, 0.15) is 16.8 Å². The minimum atomic E-state index is -1.17. The summed E-state index contributed by atoms with van der Waals surface area (Å²) in [5, 5.41) is 19.7. The van der Waals surface area contributed by atoms with E-state index in [4.69, 9.17) is 10.2 Å². The number of nitrogens with one attached hydrogen (secondary N) is 1. The molecule has 0 saturated heterocycles. The van der Waals surface area contributed by atoms with Crippen molar-refractivity contribution >= 4 is 11.9 Å². The van der Waals surface area contributed by atoms with Crippen molar-refractivity contribution in [2.24, 2.45) is 0 Å². The van der Waals surface area contributed by atoms with Crippen LogP contribution in [0.5, 0.6) is 0 Å². The Labute approximate surface area is 91.9 Å². The average molecular weight is 224 g/mol. The van der Waals surface area contributed by atoms with Crippen LogP contribution in [-0.4, -0.2) is 39.7 Å². The summed E-state index contributed by atoms with van der Waals surface area (Å²) in [5.74, 6) is -1.69. The Morgan fingerprint density at radius 1 is 1.50 bits per heavy atom. The maximum atomic E-state index is 11.5. The lowest BCUT2D eigenvalue weighted by Crippen LogP contribution is -2.41. The molecule has 6 nitrogen and oxygen atoms in total. The molecular weight excluding hydrogens is 212 g/mol. The van der Waals surface area contributed by atoms with Gasteiger partial charge < -0.3 is 15.5 Å². The molecule has 3 N–H and O–H groups in total. The van der Waals surface area contributed by atoms with E-state index in [1.54, 1.807) is 6.07 Å². The lowest BCUT2D eigenvalue weighted by molar-refractivity contribution is -0.139. The van der Waals surface area contributed by atoms with E-state index in [2.05, 4.69) is 10.3 Å². The van der Waals surface area contributed by atoms with Gasteiger partial charge in [-0.1, -0.05) is 0 Å². The number of hydrogen-bond donors (Lipinski definition) is 3. The minimum Gasteiger partial charge on any atom is -0.480 e. The van der Waals surface area contributed by atoms with Gasteiger partial charge in [-0.2, -0.15) is 0 Å². The first-order valence-corrected chi connectivity index (χ1v) is 4.69. The quantitative estimate of drug-likeness (QED) is 0.634. The summed E-state index contributed by atoms with van der Waals surface area (Å²) in [5.41, 5.74) is 0.284. The van der Waals surface area contributed by atoms with Crippen molar-refractivity contribution in [2.75, 3.05) is 6.61 Å². The third-order valence-electron chi connectivity index (χ3n) is 1.94. The van der Waals surface area contributed by atoms with Gasteiger partial charge in [0.25, 0.3) is 5.91 Å². The molecule has 1 aromatic rings. The van der Waals surface area contributed by atoms with Gasteiger partial charge in [0.1, 0.15) is 6.04 Å². The van der Waals surface area contributed by atoms with Gasteiger partial charge in [-0.3, -0.25) is 9.78 Å². The van der Waals surface area contributed by atoms with Crippen molar-refractivity contribution in [2.45, 2.75) is 12.5 Å². The van der Waals surface area contributed by atoms with E-state index in [-0.39, 0.29) is 18.6 Å². The van der Waals surface area contributed by atoms with Crippen LogP contribution in [0.4, 0.5) is 0 Å². The predicted molar refractivity (Wildman–Crippen MR) is 54.8 cm³/mol. The number of aliphatic carboxylic acids is 1. The van der Waals surface area contributed by atoms with Crippen molar-refractivity contribution < 1.29 is 19.8 Å². The SMILES string of the molecule is O=C(NC(CCO)C(=O)O)c1cccnc1. The van der Waals surface area contributed by atoms with E-state index < -0.39 is 17.9 Å². The molecule has 1 amide bonds. The van der Waals surface area contributed by atoms with Crippen LogP contribution in [0.2, 0.25) is 0 Å². The van der Waals surface area contributed by atoms with Crippen molar-refractivity contribution in [1.82, 2.24) is 10.3 Å². The number of aromatic nitrogens is 1. The molecule has 1 aromatic heterocycles. The fourth-order valence-corrected chi connectivity index (χ4v) is 1.13. The highest BCUT2D eigenvalue weighted by atomic mass is 16.4. The summed E-state index contributed by atoms with van der Waals surface area (Å²) in [6.07, 6.45) is 2.83. The first kappa shape index (κ1) is 12.1. The molecule has 1 rings (SSSR count). The van der Waals surface area contributed by atoms with Crippen molar-refractivity contribution in [1.29, 1.82) is 0 Å². The topological polar surface area (TPSA) is 99.5 Å². The molecule has 0 aliphatic carbocycles. The number of aliphatic hydroxyl groups is 1. The fourth-order valence-electron chi connectivity index (χ4n) is 1.13. The molecule has 1 heterocycles. The van der Waals surface area contributed by atoms with Gasteiger partial charge in [0, 0.05) is 25.4 Å². The van der Waals surface area contributed by atoms with E-state index >= 15 is 0 Å². The van der Waals surface area contributed by atoms with Gasteiger partial charge in [-0.25, -0.2) is 4.79 Å². The molecular formula is C10H12N2O4. The molecule has 0 aliphatic rings. The molecule has 0 spiro atoms. The Kier molecular flexibility index (Phi) is 4.41. The van der Waals surface area contributed by atoms with Crippen molar-refractivity contribution in [3.63, 3.8) is 0 Å². The van der Waals surface area contributed by atoms with E-state index in [0.29, 0.717) is 0 Å². The number of carbonyl (C=O) groups excluding carboxylic acids is 1. The largest absolute Gasteiger partial charge is 0.480 e. The number of carboxylic acids is 1. The van der Waals surface area contributed by atoms with Crippen LogP contribution in [0.25, 0.3) is 0 Å². The second kappa shape index (κ2) is 5.82. The summed E-state index contributed by atoms with van der Waals surface area (Å²) in [7, 11) is 0. The van der Waals surface area contributed by atoms with Gasteiger partial charge in [0.2, 0.25) is 0 Å². The predicted octanol–water partition coefficient (Wildman–Crippen LogP) is -0.353. The highest BCUT2D eigenvalue weighted by Gasteiger charge is 2.19. The Morgan fingerprint density at radius 3 is 2.75 bits per heavy atom.